The van der Waals surface area contributed by atoms with Crippen LogP contribution in [0, 0.1) is 0 Å². The lowest BCUT2D eigenvalue weighted by atomic mass is 9.96. The van der Waals surface area contributed by atoms with Gasteiger partial charge in [0.2, 0.25) is 0 Å². The number of nitrogens with one attached hydrogen (secondary N) is 1. The van der Waals surface area contributed by atoms with Crippen molar-refractivity contribution in [1.82, 2.24) is 10.2 Å². The molecule has 1 aliphatic heterocycles. The minimum atomic E-state index is -0.959. The lowest BCUT2D eigenvalue weighted by Gasteiger charge is -2.38. The Morgan fingerprint density at radius 3 is 2.82 bits per heavy atom. The molecule has 1 atom stereocenters. The van der Waals surface area contributed by atoms with Gasteiger partial charge in [0.1, 0.15) is 5.60 Å². The molecular weight excluding hydrogens is 284 g/mol. The molecule has 0 spiro atoms. The number of allylic oxidation sites excluding steroid dienone is 1. The Bertz CT molecular complexity index is 459. The number of amides is 1. The zero-order chi connectivity index (χ0) is 16.6. The van der Waals surface area contributed by atoms with Crippen LogP contribution in [-0.2, 0) is 9.53 Å². The Hall–Kier alpha value is -1.82. The standard InChI is InChI=1S/C16H26N2O4/c1-4-6-13(14(19)20)7-5-11-18-12-9-16(2,8-10-17-3)22-15(18)21/h5-7,17H,4,8-12H2,1-3H3,(H,19,20)/b7-5-,13-6+. The van der Waals surface area contributed by atoms with Crippen LogP contribution in [0.4, 0.5) is 4.79 Å². The Kier molecular flexibility index (Phi) is 7.11. The summed E-state index contributed by atoms with van der Waals surface area (Å²) in [5.74, 6) is -0.959. The summed E-state index contributed by atoms with van der Waals surface area (Å²) in [6, 6.07) is 0. The molecule has 0 aromatic heterocycles. The fourth-order valence-corrected chi connectivity index (χ4v) is 2.27. The van der Waals surface area contributed by atoms with Crippen LogP contribution in [0.25, 0.3) is 0 Å². The number of carboxylic acids is 1. The average molecular weight is 310 g/mol. The minimum Gasteiger partial charge on any atom is -0.478 e. The number of rotatable bonds is 8. The van der Waals surface area contributed by atoms with Crippen LogP contribution in [0.3, 0.4) is 0 Å². The Morgan fingerprint density at radius 1 is 1.55 bits per heavy atom. The largest absolute Gasteiger partial charge is 0.478 e. The first-order chi connectivity index (χ1) is 10.4. The van der Waals surface area contributed by atoms with Crippen molar-refractivity contribution in [2.45, 2.75) is 38.7 Å². The van der Waals surface area contributed by atoms with Gasteiger partial charge in [-0.3, -0.25) is 0 Å². The summed E-state index contributed by atoms with van der Waals surface area (Å²) in [6.45, 7) is 5.60. The third kappa shape index (κ3) is 5.52. The third-order valence-electron chi connectivity index (χ3n) is 3.70. The van der Waals surface area contributed by atoms with E-state index in [-0.39, 0.29) is 11.7 Å². The number of cyclic esters (lactones) is 1. The number of ether oxygens (including phenoxy) is 1. The summed E-state index contributed by atoms with van der Waals surface area (Å²) in [5.41, 5.74) is -0.180. The average Bonchev–Trinajstić information content (AvgIpc) is 2.46. The van der Waals surface area contributed by atoms with Crippen LogP contribution >= 0.6 is 0 Å². The molecule has 0 aliphatic carbocycles. The molecular formula is C16H26N2O4. The first-order valence-electron chi connectivity index (χ1n) is 7.64. The van der Waals surface area contributed by atoms with E-state index >= 15 is 0 Å². The van der Waals surface area contributed by atoms with Gasteiger partial charge in [0.25, 0.3) is 0 Å². The number of hydrogen-bond acceptors (Lipinski definition) is 4. The van der Waals surface area contributed by atoms with Gasteiger partial charge in [-0.2, -0.15) is 0 Å². The van der Waals surface area contributed by atoms with Gasteiger partial charge in [-0.05, 0) is 33.4 Å². The molecule has 22 heavy (non-hydrogen) atoms. The van der Waals surface area contributed by atoms with E-state index in [4.69, 9.17) is 9.84 Å². The van der Waals surface area contributed by atoms with Crippen LogP contribution in [0.2, 0.25) is 0 Å². The molecule has 1 fully saturated rings. The summed E-state index contributed by atoms with van der Waals surface area (Å²) in [4.78, 5) is 24.6. The smallest absolute Gasteiger partial charge is 0.410 e. The molecule has 0 radical (unpaired) electrons. The van der Waals surface area contributed by atoms with Gasteiger partial charge < -0.3 is 20.1 Å². The monoisotopic (exact) mass is 310 g/mol. The van der Waals surface area contributed by atoms with E-state index in [2.05, 4.69) is 5.32 Å². The quantitative estimate of drug-likeness (QED) is 0.530. The van der Waals surface area contributed by atoms with Crippen molar-refractivity contribution in [2.24, 2.45) is 0 Å². The van der Waals surface area contributed by atoms with Gasteiger partial charge in [0.15, 0.2) is 0 Å². The summed E-state index contributed by atoms with van der Waals surface area (Å²) in [5, 5.41) is 12.1. The molecule has 2 N–H and O–H groups in total. The first-order valence-corrected chi connectivity index (χ1v) is 7.64. The van der Waals surface area contributed by atoms with E-state index in [9.17, 15) is 9.59 Å². The fourth-order valence-electron chi connectivity index (χ4n) is 2.27. The molecule has 0 aromatic carbocycles. The van der Waals surface area contributed by atoms with Crippen LogP contribution in [0.1, 0.15) is 33.1 Å². The maximum absolute atomic E-state index is 12.0. The molecule has 0 aromatic rings. The molecule has 124 valence electrons. The highest BCUT2D eigenvalue weighted by atomic mass is 16.6. The molecule has 0 bridgehead atoms. The summed E-state index contributed by atoms with van der Waals surface area (Å²) < 4.78 is 5.52. The first kappa shape index (κ1) is 18.2. The van der Waals surface area contributed by atoms with Gasteiger partial charge in [-0.25, -0.2) is 9.59 Å². The van der Waals surface area contributed by atoms with Crippen molar-refractivity contribution < 1.29 is 19.4 Å². The molecule has 0 saturated carbocycles. The van der Waals surface area contributed by atoms with Crippen LogP contribution in [0.15, 0.2) is 23.8 Å². The van der Waals surface area contributed by atoms with Crippen molar-refractivity contribution in [3.63, 3.8) is 0 Å². The highest BCUT2D eigenvalue weighted by Gasteiger charge is 2.35. The van der Waals surface area contributed by atoms with E-state index in [1.807, 2.05) is 20.9 Å². The Morgan fingerprint density at radius 2 is 2.27 bits per heavy atom. The van der Waals surface area contributed by atoms with Crippen molar-refractivity contribution in [1.29, 1.82) is 0 Å². The second-order valence-electron chi connectivity index (χ2n) is 5.64. The van der Waals surface area contributed by atoms with Crippen molar-refractivity contribution in [3.05, 3.63) is 23.8 Å². The summed E-state index contributed by atoms with van der Waals surface area (Å²) in [6.07, 6.45) is 6.72. The maximum atomic E-state index is 12.0. The van der Waals surface area contributed by atoms with Gasteiger partial charge in [0, 0.05) is 19.5 Å². The molecule has 6 nitrogen and oxygen atoms in total. The molecule has 1 rings (SSSR count). The SMILES string of the molecule is CC/C=C(\C=C/CN1CCC(C)(CCNC)OC1=O)C(=O)O. The number of aliphatic carboxylic acids is 1. The van der Waals surface area contributed by atoms with Crippen LogP contribution in [0.5, 0.6) is 0 Å². The predicted molar refractivity (Wildman–Crippen MR) is 84.8 cm³/mol. The zero-order valence-corrected chi connectivity index (χ0v) is 13.6. The van der Waals surface area contributed by atoms with E-state index in [1.54, 1.807) is 17.1 Å². The molecule has 1 unspecified atom stereocenters. The topological polar surface area (TPSA) is 78.9 Å². The van der Waals surface area contributed by atoms with Gasteiger partial charge in [-0.15, -0.1) is 0 Å². The van der Waals surface area contributed by atoms with Gasteiger partial charge in [-0.1, -0.05) is 25.2 Å². The van der Waals surface area contributed by atoms with E-state index < -0.39 is 11.6 Å². The normalized spacial score (nSPS) is 23.0. The molecule has 1 heterocycles. The number of carboxylic acid groups (broad SMARTS) is 1. The Labute approximate surface area is 131 Å². The number of carbonyl (C=O) groups is 2. The molecule has 1 aliphatic rings. The molecule has 1 saturated heterocycles. The van der Waals surface area contributed by atoms with Crippen molar-refractivity contribution >= 4 is 12.1 Å². The predicted octanol–water partition coefficient (Wildman–Crippen LogP) is 2.17. The van der Waals surface area contributed by atoms with Crippen molar-refractivity contribution in [3.8, 4) is 0 Å². The second-order valence-corrected chi connectivity index (χ2v) is 5.64. The number of hydrogen-bond donors (Lipinski definition) is 2. The van der Waals surface area contributed by atoms with Crippen LogP contribution < -0.4 is 5.32 Å². The maximum Gasteiger partial charge on any atom is 0.410 e. The van der Waals surface area contributed by atoms with Crippen molar-refractivity contribution in [2.75, 3.05) is 26.7 Å². The minimum absolute atomic E-state index is 0.242. The fraction of sp³-hybridized carbons (Fsp3) is 0.625. The number of carbonyl (C=O) groups excluding carboxylic acids is 1. The highest BCUT2D eigenvalue weighted by Crippen LogP contribution is 2.26. The van der Waals surface area contributed by atoms with Gasteiger partial charge >= 0.3 is 12.1 Å². The second kappa shape index (κ2) is 8.58. The van der Waals surface area contributed by atoms with E-state index in [1.165, 1.54) is 6.08 Å². The summed E-state index contributed by atoms with van der Waals surface area (Å²) >= 11 is 0. The van der Waals surface area contributed by atoms with Gasteiger partial charge in [0.05, 0.1) is 5.57 Å². The highest BCUT2D eigenvalue weighted by molar-refractivity contribution is 5.89. The lowest BCUT2D eigenvalue weighted by Crippen LogP contribution is -2.48. The van der Waals surface area contributed by atoms with E-state index in [0.29, 0.717) is 19.5 Å². The molecule has 1 amide bonds. The van der Waals surface area contributed by atoms with E-state index in [0.717, 1.165) is 19.4 Å². The molecule has 6 heteroatoms. The third-order valence-corrected chi connectivity index (χ3v) is 3.70. The zero-order valence-electron chi connectivity index (χ0n) is 13.6. The van der Waals surface area contributed by atoms with Crippen LogP contribution in [-0.4, -0.2) is 54.4 Å². The summed E-state index contributed by atoms with van der Waals surface area (Å²) in [7, 11) is 1.87. The lowest BCUT2D eigenvalue weighted by molar-refractivity contribution is -0.132. The Balaban J connectivity index is 2.54. The number of nitrogens with zero attached hydrogens (tertiary/aromatic N) is 1.